The van der Waals surface area contributed by atoms with E-state index in [0.29, 0.717) is 12.8 Å². The summed E-state index contributed by atoms with van der Waals surface area (Å²) in [6, 6.07) is -0.695. The van der Waals surface area contributed by atoms with Crippen molar-refractivity contribution in [3.8, 4) is 0 Å². The minimum Gasteiger partial charge on any atom is -0.465 e. The van der Waals surface area contributed by atoms with Gasteiger partial charge in [0.25, 0.3) is 0 Å². The fourth-order valence-electron chi connectivity index (χ4n) is 2.35. The van der Waals surface area contributed by atoms with Crippen LogP contribution < -0.4 is 5.73 Å². The summed E-state index contributed by atoms with van der Waals surface area (Å²) in [5.41, 5.74) is 5.09. The van der Waals surface area contributed by atoms with Gasteiger partial charge >= 0.3 is 6.09 Å². The van der Waals surface area contributed by atoms with Gasteiger partial charge in [-0.25, -0.2) is 9.18 Å². The number of hydrogen-bond donors (Lipinski definition) is 2. The molecule has 0 radical (unpaired) electrons. The molecule has 0 unspecified atom stereocenters. The minimum atomic E-state index is -1.15. The van der Waals surface area contributed by atoms with E-state index in [9.17, 15) is 14.3 Å². The van der Waals surface area contributed by atoms with Gasteiger partial charge in [-0.15, -0.1) is 0 Å². The Morgan fingerprint density at radius 1 is 1.44 bits per heavy atom. The van der Waals surface area contributed by atoms with Crippen molar-refractivity contribution in [2.75, 3.05) is 0 Å². The number of halogens is 1. The molecule has 0 bridgehead atoms. The van der Waals surface area contributed by atoms with Gasteiger partial charge < -0.3 is 10.8 Å². The predicted octanol–water partition coefficient (Wildman–Crippen LogP) is 1.98. The van der Waals surface area contributed by atoms with Gasteiger partial charge in [0, 0.05) is 11.6 Å². The first-order valence-corrected chi connectivity index (χ1v) is 5.65. The molecule has 1 amide bonds. The summed E-state index contributed by atoms with van der Waals surface area (Å²) in [5.74, 6) is 0. The minimum absolute atomic E-state index is 0.137. The van der Waals surface area contributed by atoms with Crippen LogP contribution in [0.4, 0.5) is 9.18 Å². The third kappa shape index (κ3) is 2.84. The van der Waals surface area contributed by atoms with Crippen molar-refractivity contribution in [3.05, 3.63) is 0 Å². The highest BCUT2D eigenvalue weighted by atomic mass is 19.1. The molecule has 3 N–H and O–H groups in total. The number of rotatable bonds is 1. The Balaban J connectivity index is 2.83. The lowest BCUT2D eigenvalue weighted by Gasteiger charge is -2.43. The summed E-state index contributed by atoms with van der Waals surface area (Å²) in [6.45, 7) is 5.34. The Kier molecular flexibility index (Phi) is 3.78. The molecule has 5 heteroatoms. The van der Waals surface area contributed by atoms with Gasteiger partial charge in [-0.1, -0.05) is 0 Å². The van der Waals surface area contributed by atoms with Crippen LogP contribution in [0.5, 0.6) is 0 Å². The summed E-state index contributed by atoms with van der Waals surface area (Å²) < 4.78 is 13.9. The highest BCUT2D eigenvalue weighted by Crippen LogP contribution is 2.30. The van der Waals surface area contributed by atoms with Gasteiger partial charge in [-0.05, 0) is 40.0 Å². The maximum Gasteiger partial charge on any atom is 0.408 e. The third-order valence-corrected chi connectivity index (χ3v) is 3.04. The molecule has 0 spiro atoms. The summed E-state index contributed by atoms with van der Waals surface area (Å²) in [4.78, 5) is 12.4. The molecule has 3 atom stereocenters. The van der Waals surface area contributed by atoms with Crippen LogP contribution in [0.2, 0.25) is 0 Å². The molecule has 0 aliphatic heterocycles. The molecule has 0 aromatic carbocycles. The standard InChI is InChI=1S/C11H21FN2O2/c1-11(2,3)14(10(15)16)9-5-4-7(13)6-8(9)12/h7-9H,4-6,13H2,1-3H3,(H,15,16)/t7-,8-,9-/m0/s1. The Hall–Kier alpha value is -0.840. The largest absolute Gasteiger partial charge is 0.465 e. The molecule has 94 valence electrons. The first-order chi connectivity index (χ1) is 7.23. The van der Waals surface area contributed by atoms with Crippen molar-refractivity contribution in [2.24, 2.45) is 5.73 Å². The lowest BCUT2D eigenvalue weighted by Crippen LogP contribution is -2.57. The summed E-state index contributed by atoms with van der Waals surface area (Å²) in [5, 5.41) is 9.17. The van der Waals surface area contributed by atoms with E-state index in [1.165, 1.54) is 4.90 Å². The molecule has 0 saturated heterocycles. The number of nitrogens with two attached hydrogens (primary N) is 1. The van der Waals surface area contributed by atoms with E-state index in [4.69, 9.17) is 5.73 Å². The van der Waals surface area contributed by atoms with Gasteiger partial charge in [-0.3, -0.25) is 4.90 Å². The van der Waals surface area contributed by atoms with Crippen LogP contribution in [-0.4, -0.2) is 39.9 Å². The van der Waals surface area contributed by atoms with Crippen LogP contribution in [-0.2, 0) is 0 Å². The van der Waals surface area contributed by atoms with Crippen molar-refractivity contribution in [1.82, 2.24) is 4.90 Å². The van der Waals surface area contributed by atoms with Crippen molar-refractivity contribution in [1.29, 1.82) is 0 Å². The highest BCUT2D eigenvalue weighted by molar-refractivity contribution is 5.66. The number of carboxylic acid groups (broad SMARTS) is 1. The lowest BCUT2D eigenvalue weighted by atomic mass is 9.87. The number of hydrogen-bond acceptors (Lipinski definition) is 2. The van der Waals surface area contributed by atoms with E-state index in [1.807, 2.05) is 0 Å². The molecule has 16 heavy (non-hydrogen) atoms. The second-order valence-corrected chi connectivity index (χ2v) is 5.48. The third-order valence-electron chi connectivity index (χ3n) is 3.04. The average Bonchev–Trinajstić information content (AvgIpc) is 2.06. The van der Waals surface area contributed by atoms with Crippen LogP contribution >= 0.6 is 0 Å². The molecule has 1 saturated carbocycles. The van der Waals surface area contributed by atoms with E-state index in [-0.39, 0.29) is 12.5 Å². The monoisotopic (exact) mass is 232 g/mol. The van der Waals surface area contributed by atoms with Crippen LogP contribution in [0, 0.1) is 0 Å². The molecule has 1 fully saturated rings. The molecule has 4 nitrogen and oxygen atoms in total. The second kappa shape index (κ2) is 4.57. The van der Waals surface area contributed by atoms with E-state index < -0.39 is 23.8 Å². The number of alkyl halides is 1. The Labute approximate surface area is 95.6 Å². The molecule has 0 heterocycles. The lowest BCUT2D eigenvalue weighted by molar-refractivity contribution is 0.0170. The molecule has 0 aromatic rings. The van der Waals surface area contributed by atoms with Gasteiger partial charge in [0.2, 0.25) is 0 Å². The quantitative estimate of drug-likeness (QED) is 0.726. The topological polar surface area (TPSA) is 66.6 Å². The van der Waals surface area contributed by atoms with Gasteiger partial charge in [-0.2, -0.15) is 0 Å². The molecular formula is C11H21FN2O2. The summed E-state index contributed by atoms with van der Waals surface area (Å²) in [7, 11) is 0. The molecule has 1 aliphatic carbocycles. The highest BCUT2D eigenvalue weighted by Gasteiger charge is 2.40. The van der Waals surface area contributed by atoms with Crippen LogP contribution in [0.15, 0.2) is 0 Å². The Morgan fingerprint density at radius 3 is 2.38 bits per heavy atom. The van der Waals surface area contributed by atoms with Crippen molar-refractivity contribution in [3.63, 3.8) is 0 Å². The number of amides is 1. The number of nitrogens with zero attached hydrogens (tertiary/aromatic N) is 1. The van der Waals surface area contributed by atoms with E-state index in [2.05, 4.69) is 0 Å². The maximum absolute atomic E-state index is 13.9. The average molecular weight is 232 g/mol. The maximum atomic E-state index is 13.9. The van der Waals surface area contributed by atoms with Crippen molar-refractivity contribution in [2.45, 2.75) is 63.8 Å². The SMILES string of the molecule is CC(C)(C)N(C(=O)O)[C@H]1CC[C@H](N)C[C@@H]1F. The molecule has 1 aliphatic rings. The van der Waals surface area contributed by atoms with Gasteiger partial charge in [0.1, 0.15) is 6.17 Å². The normalized spacial score (nSPS) is 31.2. The zero-order chi connectivity index (χ0) is 12.5. The smallest absolute Gasteiger partial charge is 0.408 e. The first-order valence-electron chi connectivity index (χ1n) is 5.65. The van der Waals surface area contributed by atoms with Crippen molar-refractivity contribution >= 4 is 6.09 Å². The number of carbonyl (C=O) groups is 1. The summed E-state index contributed by atoms with van der Waals surface area (Å²) >= 11 is 0. The molecular weight excluding hydrogens is 211 g/mol. The van der Waals surface area contributed by atoms with E-state index in [0.717, 1.165) is 0 Å². The fraction of sp³-hybridized carbons (Fsp3) is 0.909. The van der Waals surface area contributed by atoms with Gasteiger partial charge in [0.05, 0.1) is 6.04 Å². The Morgan fingerprint density at radius 2 is 2.00 bits per heavy atom. The molecule has 0 aromatic heterocycles. The predicted molar refractivity (Wildman–Crippen MR) is 60.1 cm³/mol. The van der Waals surface area contributed by atoms with Crippen LogP contribution in [0.3, 0.4) is 0 Å². The zero-order valence-electron chi connectivity index (χ0n) is 10.1. The van der Waals surface area contributed by atoms with Gasteiger partial charge in [0.15, 0.2) is 0 Å². The first kappa shape index (κ1) is 13.2. The van der Waals surface area contributed by atoms with Crippen LogP contribution in [0.25, 0.3) is 0 Å². The summed E-state index contributed by atoms with van der Waals surface area (Å²) in [6.07, 6.45) is -0.767. The van der Waals surface area contributed by atoms with Crippen LogP contribution in [0.1, 0.15) is 40.0 Å². The van der Waals surface area contributed by atoms with Crippen molar-refractivity contribution < 1.29 is 14.3 Å². The zero-order valence-corrected chi connectivity index (χ0v) is 10.1. The van der Waals surface area contributed by atoms with E-state index in [1.54, 1.807) is 20.8 Å². The second-order valence-electron chi connectivity index (χ2n) is 5.48. The molecule has 1 rings (SSSR count). The Bertz CT molecular complexity index is 265. The van der Waals surface area contributed by atoms with E-state index >= 15 is 0 Å². The fourth-order valence-corrected chi connectivity index (χ4v) is 2.35.